The molecule has 2 heterocycles. The van der Waals surface area contributed by atoms with Crippen molar-refractivity contribution in [1.82, 2.24) is 5.32 Å². The maximum Gasteiger partial charge on any atom is 0.119 e. The van der Waals surface area contributed by atoms with Crippen LogP contribution in [0.1, 0.15) is 17.5 Å². The molecular weight excluding hydrogens is 214 g/mol. The molecule has 3 heteroatoms. The average molecular weight is 233 g/mol. The van der Waals surface area contributed by atoms with Crippen molar-refractivity contribution < 1.29 is 9.47 Å². The second kappa shape index (κ2) is 5.07. The lowest BCUT2D eigenvalue weighted by atomic mass is 10.0. The number of hydrogen-bond donors (Lipinski definition) is 1. The molecule has 0 aromatic heterocycles. The summed E-state index contributed by atoms with van der Waals surface area (Å²) in [5.74, 6) is 1.59. The van der Waals surface area contributed by atoms with Crippen molar-refractivity contribution in [3.8, 4) is 5.75 Å². The normalized spacial score (nSPS) is 23.4. The summed E-state index contributed by atoms with van der Waals surface area (Å²) < 4.78 is 11.2. The van der Waals surface area contributed by atoms with Crippen LogP contribution in [0.25, 0.3) is 0 Å². The summed E-state index contributed by atoms with van der Waals surface area (Å²) >= 11 is 0. The Morgan fingerprint density at radius 1 is 1.35 bits per heavy atom. The van der Waals surface area contributed by atoms with Crippen LogP contribution in [0.5, 0.6) is 5.75 Å². The smallest absolute Gasteiger partial charge is 0.119 e. The van der Waals surface area contributed by atoms with Crippen molar-refractivity contribution in [2.45, 2.75) is 19.4 Å². The fraction of sp³-hybridized carbons (Fsp3) is 0.571. The number of hydrogen-bond acceptors (Lipinski definition) is 3. The van der Waals surface area contributed by atoms with Crippen LogP contribution in [0, 0.1) is 5.92 Å². The molecule has 0 aliphatic carbocycles. The first-order chi connectivity index (χ1) is 8.42. The topological polar surface area (TPSA) is 30.5 Å². The maximum atomic E-state index is 5.86. The van der Waals surface area contributed by atoms with E-state index in [1.165, 1.54) is 11.1 Å². The van der Waals surface area contributed by atoms with E-state index in [-0.39, 0.29) is 0 Å². The van der Waals surface area contributed by atoms with Gasteiger partial charge in [-0.25, -0.2) is 0 Å². The molecule has 2 aliphatic heterocycles. The molecule has 2 aliphatic rings. The van der Waals surface area contributed by atoms with E-state index < -0.39 is 0 Å². The van der Waals surface area contributed by atoms with Crippen LogP contribution in [0.3, 0.4) is 0 Å². The van der Waals surface area contributed by atoms with E-state index in [4.69, 9.17) is 9.47 Å². The summed E-state index contributed by atoms with van der Waals surface area (Å²) in [6.45, 7) is 4.61. The average Bonchev–Trinajstić information content (AvgIpc) is 2.89. The summed E-state index contributed by atoms with van der Waals surface area (Å²) in [5.41, 5.74) is 2.84. The molecule has 1 N–H and O–H groups in total. The summed E-state index contributed by atoms with van der Waals surface area (Å²) in [6, 6.07) is 6.47. The highest BCUT2D eigenvalue weighted by molar-refractivity contribution is 5.37. The van der Waals surface area contributed by atoms with Gasteiger partial charge in [0.2, 0.25) is 0 Å². The molecule has 0 saturated carbocycles. The summed E-state index contributed by atoms with van der Waals surface area (Å²) in [6.07, 6.45) is 2.24. The van der Waals surface area contributed by atoms with Gasteiger partial charge in [-0.1, -0.05) is 6.07 Å². The van der Waals surface area contributed by atoms with Crippen LogP contribution in [-0.4, -0.2) is 26.4 Å². The third kappa shape index (κ3) is 2.61. The Hall–Kier alpha value is -1.06. The SMILES string of the molecule is c1cc2c(cc1OCC1CCOC1)CCNC2. The molecule has 1 fully saturated rings. The van der Waals surface area contributed by atoms with Crippen molar-refractivity contribution in [3.05, 3.63) is 29.3 Å². The van der Waals surface area contributed by atoms with Gasteiger partial charge >= 0.3 is 0 Å². The van der Waals surface area contributed by atoms with Gasteiger partial charge in [0.15, 0.2) is 0 Å². The molecule has 1 unspecified atom stereocenters. The predicted molar refractivity (Wildman–Crippen MR) is 66.3 cm³/mol. The van der Waals surface area contributed by atoms with Gasteiger partial charge in [0.05, 0.1) is 13.2 Å². The molecule has 3 rings (SSSR count). The molecule has 17 heavy (non-hydrogen) atoms. The quantitative estimate of drug-likeness (QED) is 0.862. The zero-order valence-corrected chi connectivity index (χ0v) is 10.1. The molecule has 92 valence electrons. The molecule has 0 amide bonds. The van der Waals surface area contributed by atoms with Gasteiger partial charge in [-0.15, -0.1) is 0 Å². The highest BCUT2D eigenvalue weighted by Gasteiger charge is 2.16. The van der Waals surface area contributed by atoms with Gasteiger partial charge in [-0.05, 0) is 42.6 Å². The predicted octanol–water partition coefficient (Wildman–Crippen LogP) is 1.75. The second-order valence-corrected chi connectivity index (χ2v) is 4.90. The second-order valence-electron chi connectivity index (χ2n) is 4.90. The first-order valence-electron chi connectivity index (χ1n) is 6.45. The molecule has 1 atom stereocenters. The minimum Gasteiger partial charge on any atom is -0.493 e. The van der Waals surface area contributed by atoms with E-state index in [0.717, 1.165) is 51.5 Å². The lowest BCUT2D eigenvalue weighted by molar-refractivity contribution is 0.167. The highest BCUT2D eigenvalue weighted by Crippen LogP contribution is 2.22. The van der Waals surface area contributed by atoms with Gasteiger partial charge in [0, 0.05) is 19.1 Å². The fourth-order valence-electron chi connectivity index (χ4n) is 2.47. The first-order valence-corrected chi connectivity index (χ1v) is 6.45. The molecule has 1 aromatic rings. The third-order valence-corrected chi connectivity index (χ3v) is 3.57. The van der Waals surface area contributed by atoms with Gasteiger partial charge in [-0.3, -0.25) is 0 Å². The Balaban J connectivity index is 1.62. The number of benzene rings is 1. The molecule has 0 bridgehead atoms. The maximum absolute atomic E-state index is 5.86. The van der Waals surface area contributed by atoms with E-state index in [1.54, 1.807) is 0 Å². The molecule has 3 nitrogen and oxygen atoms in total. The summed E-state index contributed by atoms with van der Waals surface area (Å²) in [4.78, 5) is 0. The molecule has 0 spiro atoms. The highest BCUT2D eigenvalue weighted by atomic mass is 16.5. The van der Waals surface area contributed by atoms with Gasteiger partial charge in [0.25, 0.3) is 0 Å². The Morgan fingerprint density at radius 2 is 2.35 bits per heavy atom. The molecular formula is C14H19NO2. The Bertz CT molecular complexity index is 386. The number of rotatable bonds is 3. The van der Waals surface area contributed by atoms with Crippen molar-refractivity contribution in [3.63, 3.8) is 0 Å². The minimum absolute atomic E-state index is 0.577. The molecule has 0 radical (unpaired) electrons. The monoisotopic (exact) mass is 233 g/mol. The van der Waals surface area contributed by atoms with Crippen LogP contribution in [-0.2, 0) is 17.7 Å². The van der Waals surface area contributed by atoms with E-state index in [9.17, 15) is 0 Å². The van der Waals surface area contributed by atoms with Gasteiger partial charge in [0.1, 0.15) is 5.75 Å². The zero-order valence-electron chi connectivity index (χ0n) is 10.1. The summed E-state index contributed by atoms with van der Waals surface area (Å²) in [7, 11) is 0. The van der Waals surface area contributed by atoms with E-state index >= 15 is 0 Å². The number of ether oxygens (including phenoxy) is 2. The zero-order chi connectivity index (χ0) is 11.5. The number of nitrogens with one attached hydrogen (secondary N) is 1. The standard InChI is InChI=1S/C14H19NO2/c1-2-14(17-10-11-4-6-16-9-11)7-12-3-5-15-8-13(1)12/h1-2,7,11,15H,3-6,8-10H2. The fourth-order valence-corrected chi connectivity index (χ4v) is 2.47. The van der Waals surface area contributed by atoms with Crippen LogP contribution >= 0.6 is 0 Å². The van der Waals surface area contributed by atoms with Gasteiger partial charge in [-0.2, -0.15) is 0 Å². The minimum atomic E-state index is 0.577. The Morgan fingerprint density at radius 3 is 3.24 bits per heavy atom. The van der Waals surface area contributed by atoms with Crippen LogP contribution in [0.15, 0.2) is 18.2 Å². The van der Waals surface area contributed by atoms with Crippen molar-refractivity contribution >= 4 is 0 Å². The first kappa shape index (κ1) is 11.1. The summed E-state index contributed by atoms with van der Waals surface area (Å²) in [5, 5.41) is 3.38. The van der Waals surface area contributed by atoms with Crippen molar-refractivity contribution in [2.75, 3.05) is 26.4 Å². The third-order valence-electron chi connectivity index (χ3n) is 3.57. The van der Waals surface area contributed by atoms with Crippen LogP contribution < -0.4 is 10.1 Å². The largest absolute Gasteiger partial charge is 0.493 e. The van der Waals surface area contributed by atoms with E-state index in [1.807, 2.05) is 0 Å². The van der Waals surface area contributed by atoms with Crippen molar-refractivity contribution in [2.24, 2.45) is 5.92 Å². The Labute approximate surface area is 102 Å². The lowest BCUT2D eigenvalue weighted by Gasteiger charge is -2.18. The van der Waals surface area contributed by atoms with E-state index in [0.29, 0.717) is 5.92 Å². The Kier molecular flexibility index (Phi) is 3.29. The molecule has 1 aromatic carbocycles. The lowest BCUT2D eigenvalue weighted by Crippen LogP contribution is -2.23. The molecule has 1 saturated heterocycles. The van der Waals surface area contributed by atoms with Crippen molar-refractivity contribution in [1.29, 1.82) is 0 Å². The van der Waals surface area contributed by atoms with Crippen LogP contribution in [0.4, 0.5) is 0 Å². The van der Waals surface area contributed by atoms with Crippen LogP contribution in [0.2, 0.25) is 0 Å². The van der Waals surface area contributed by atoms with Gasteiger partial charge < -0.3 is 14.8 Å². The number of fused-ring (bicyclic) bond motifs is 1. The van der Waals surface area contributed by atoms with E-state index in [2.05, 4.69) is 23.5 Å².